The lowest BCUT2D eigenvalue weighted by Gasteiger charge is -2.01. The molecule has 1 rings (SSSR count). The van der Waals surface area contributed by atoms with Gasteiger partial charge in [0.05, 0.1) is 0 Å². The third-order valence-corrected chi connectivity index (χ3v) is 1.89. The van der Waals surface area contributed by atoms with E-state index in [0.29, 0.717) is 0 Å². The minimum atomic E-state index is 0.159. The van der Waals surface area contributed by atoms with Crippen molar-refractivity contribution in [2.75, 3.05) is 0 Å². The van der Waals surface area contributed by atoms with E-state index < -0.39 is 0 Å². The number of furan rings is 1. The number of hydrogen-bond donors (Lipinski definition) is 1. The molecular weight excluding hydrogens is 206 g/mol. The number of halogens is 1. The van der Waals surface area contributed by atoms with Crippen molar-refractivity contribution in [1.82, 2.24) is 0 Å². The molecule has 0 aliphatic carbocycles. The number of rotatable bonds is 2. The lowest BCUT2D eigenvalue weighted by Crippen LogP contribution is -2.17. The summed E-state index contributed by atoms with van der Waals surface area (Å²) < 4.78 is 6.14. The van der Waals surface area contributed by atoms with Gasteiger partial charge < -0.3 is 10.2 Å². The second kappa shape index (κ2) is 3.41. The molecule has 0 bridgehead atoms. The maximum absolute atomic E-state index is 5.63. The van der Waals surface area contributed by atoms with Crippen LogP contribution in [0.2, 0.25) is 0 Å². The van der Waals surface area contributed by atoms with Crippen molar-refractivity contribution in [2.45, 2.75) is 26.3 Å². The first-order valence-electron chi connectivity index (χ1n) is 3.60. The molecule has 1 atom stereocenters. The van der Waals surface area contributed by atoms with Crippen LogP contribution in [0.3, 0.4) is 0 Å². The first-order valence-corrected chi connectivity index (χ1v) is 4.39. The Morgan fingerprint density at radius 2 is 2.36 bits per heavy atom. The van der Waals surface area contributed by atoms with Gasteiger partial charge in [-0.2, -0.15) is 0 Å². The Kier molecular flexibility index (Phi) is 2.73. The maximum atomic E-state index is 5.63. The van der Waals surface area contributed by atoms with Crippen LogP contribution in [-0.4, -0.2) is 6.04 Å². The molecule has 2 nitrogen and oxygen atoms in total. The van der Waals surface area contributed by atoms with E-state index in [1.807, 2.05) is 19.9 Å². The second-order valence-electron chi connectivity index (χ2n) is 2.84. The van der Waals surface area contributed by atoms with Gasteiger partial charge in [-0.15, -0.1) is 0 Å². The van der Waals surface area contributed by atoms with Gasteiger partial charge in [0.1, 0.15) is 5.76 Å². The van der Waals surface area contributed by atoms with Crippen molar-refractivity contribution in [1.29, 1.82) is 0 Å². The van der Waals surface area contributed by atoms with E-state index in [-0.39, 0.29) is 6.04 Å². The Labute approximate surface area is 74.9 Å². The molecule has 0 unspecified atom stereocenters. The van der Waals surface area contributed by atoms with Crippen molar-refractivity contribution in [2.24, 2.45) is 5.73 Å². The van der Waals surface area contributed by atoms with E-state index in [4.69, 9.17) is 10.2 Å². The highest BCUT2D eigenvalue weighted by atomic mass is 79.9. The van der Waals surface area contributed by atoms with Crippen LogP contribution in [0, 0.1) is 6.92 Å². The summed E-state index contributed by atoms with van der Waals surface area (Å²) in [6.07, 6.45) is 0.803. The first-order chi connectivity index (χ1) is 5.09. The fourth-order valence-electron chi connectivity index (χ4n) is 0.973. The molecule has 0 fully saturated rings. The van der Waals surface area contributed by atoms with E-state index in [1.54, 1.807) is 0 Å². The van der Waals surface area contributed by atoms with E-state index in [0.717, 1.165) is 22.4 Å². The normalized spacial score (nSPS) is 13.5. The van der Waals surface area contributed by atoms with Crippen LogP contribution >= 0.6 is 15.9 Å². The number of aryl methyl sites for hydroxylation is 1. The van der Waals surface area contributed by atoms with Gasteiger partial charge in [0.25, 0.3) is 0 Å². The molecule has 0 radical (unpaired) electrons. The van der Waals surface area contributed by atoms with Crippen molar-refractivity contribution >= 4 is 15.9 Å². The van der Waals surface area contributed by atoms with Crippen molar-refractivity contribution < 1.29 is 4.42 Å². The third kappa shape index (κ3) is 2.34. The topological polar surface area (TPSA) is 39.2 Å². The smallest absolute Gasteiger partial charge is 0.169 e. The minimum Gasteiger partial charge on any atom is -0.454 e. The maximum Gasteiger partial charge on any atom is 0.169 e. The molecular formula is C8H12BrNO. The van der Waals surface area contributed by atoms with Crippen LogP contribution in [0.1, 0.15) is 18.2 Å². The van der Waals surface area contributed by atoms with Gasteiger partial charge in [0.2, 0.25) is 0 Å². The Bertz CT molecular complexity index is 242. The van der Waals surface area contributed by atoms with Crippen molar-refractivity contribution in [3.63, 3.8) is 0 Å². The zero-order valence-electron chi connectivity index (χ0n) is 6.73. The standard InChI is InChI=1S/C8H12BrNO/c1-5-3-8(9)11-7(5)4-6(2)10/h3,6H,4,10H2,1-2H3/t6-/m1/s1. The molecule has 0 spiro atoms. The molecule has 62 valence electrons. The predicted octanol–water partition coefficient (Wildman–Crippen LogP) is 2.24. The summed E-state index contributed by atoms with van der Waals surface area (Å²) in [6.45, 7) is 3.99. The molecule has 3 heteroatoms. The molecule has 1 heterocycles. The quantitative estimate of drug-likeness (QED) is 0.826. The second-order valence-corrected chi connectivity index (χ2v) is 3.62. The van der Waals surface area contributed by atoms with Gasteiger partial charge in [-0.25, -0.2) is 0 Å². The summed E-state index contributed by atoms with van der Waals surface area (Å²) in [5.41, 5.74) is 6.79. The molecule has 0 aromatic carbocycles. The summed E-state index contributed by atoms with van der Waals surface area (Å²) in [5.74, 6) is 0.979. The highest BCUT2D eigenvalue weighted by molar-refractivity contribution is 9.10. The highest BCUT2D eigenvalue weighted by Gasteiger charge is 2.06. The van der Waals surface area contributed by atoms with Crippen molar-refractivity contribution in [3.8, 4) is 0 Å². The Morgan fingerprint density at radius 1 is 1.73 bits per heavy atom. The van der Waals surface area contributed by atoms with Crippen LogP contribution in [-0.2, 0) is 6.42 Å². The van der Waals surface area contributed by atoms with Gasteiger partial charge in [0.15, 0.2) is 4.67 Å². The number of nitrogens with two attached hydrogens (primary N) is 1. The summed E-state index contributed by atoms with van der Waals surface area (Å²) in [6, 6.07) is 2.12. The summed E-state index contributed by atoms with van der Waals surface area (Å²) in [4.78, 5) is 0. The largest absolute Gasteiger partial charge is 0.454 e. The lowest BCUT2D eigenvalue weighted by molar-refractivity contribution is 0.471. The molecule has 0 aliphatic rings. The minimum absolute atomic E-state index is 0.159. The zero-order chi connectivity index (χ0) is 8.43. The molecule has 0 saturated carbocycles. The van der Waals surface area contributed by atoms with E-state index in [1.165, 1.54) is 0 Å². The predicted molar refractivity (Wildman–Crippen MR) is 48.5 cm³/mol. The average molecular weight is 218 g/mol. The molecule has 0 aliphatic heterocycles. The molecule has 1 aromatic rings. The fraction of sp³-hybridized carbons (Fsp3) is 0.500. The Balaban J connectivity index is 2.77. The summed E-state index contributed by atoms with van der Waals surface area (Å²) in [7, 11) is 0. The molecule has 0 amide bonds. The van der Waals surface area contributed by atoms with E-state index >= 15 is 0 Å². The van der Waals surface area contributed by atoms with E-state index in [2.05, 4.69) is 15.9 Å². The van der Waals surface area contributed by atoms with Gasteiger partial charge in [0, 0.05) is 12.5 Å². The lowest BCUT2D eigenvalue weighted by atomic mass is 10.1. The van der Waals surface area contributed by atoms with Crippen LogP contribution < -0.4 is 5.73 Å². The van der Waals surface area contributed by atoms with Crippen LogP contribution in [0.4, 0.5) is 0 Å². The SMILES string of the molecule is Cc1cc(Br)oc1C[C@@H](C)N. The van der Waals surface area contributed by atoms with Crippen molar-refractivity contribution in [3.05, 3.63) is 22.1 Å². The molecule has 1 aromatic heterocycles. The average Bonchev–Trinajstić information content (AvgIpc) is 2.09. The summed E-state index contributed by atoms with van der Waals surface area (Å²) >= 11 is 3.27. The Hall–Kier alpha value is -0.280. The molecule has 11 heavy (non-hydrogen) atoms. The van der Waals surface area contributed by atoms with Gasteiger partial charge in [-0.05, 0) is 41.4 Å². The Morgan fingerprint density at radius 3 is 2.73 bits per heavy atom. The van der Waals surface area contributed by atoms with Crippen LogP contribution in [0.25, 0.3) is 0 Å². The summed E-state index contributed by atoms with van der Waals surface area (Å²) in [5, 5.41) is 0. The highest BCUT2D eigenvalue weighted by Crippen LogP contribution is 2.20. The first kappa shape index (κ1) is 8.81. The van der Waals surface area contributed by atoms with E-state index in [9.17, 15) is 0 Å². The number of hydrogen-bond acceptors (Lipinski definition) is 2. The fourth-order valence-corrected chi connectivity index (χ4v) is 1.51. The monoisotopic (exact) mass is 217 g/mol. The zero-order valence-corrected chi connectivity index (χ0v) is 8.31. The molecule has 2 N–H and O–H groups in total. The third-order valence-electron chi connectivity index (χ3n) is 1.50. The van der Waals surface area contributed by atoms with Gasteiger partial charge in [-0.3, -0.25) is 0 Å². The van der Waals surface area contributed by atoms with Crippen LogP contribution in [0.5, 0.6) is 0 Å². The van der Waals surface area contributed by atoms with Crippen LogP contribution in [0.15, 0.2) is 15.2 Å². The van der Waals surface area contributed by atoms with Gasteiger partial charge >= 0.3 is 0 Å². The molecule has 0 saturated heterocycles. The van der Waals surface area contributed by atoms with Gasteiger partial charge in [-0.1, -0.05) is 0 Å².